The maximum Gasteiger partial charge on any atom is 0.332 e. The fraction of sp³-hybridized carbons (Fsp3) is 0.538. The zero-order chi connectivity index (χ0) is 15.4. The van der Waals surface area contributed by atoms with Crippen molar-refractivity contribution < 1.29 is 19.4 Å². The van der Waals surface area contributed by atoms with Crippen LogP contribution in [-0.2, 0) is 14.3 Å². The summed E-state index contributed by atoms with van der Waals surface area (Å²) in [5.41, 5.74) is 0.222. The van der Waals surface area contributed by atoms with E-state index in [9.17, 15) is 9.59 Å². The Balaban J connectivity index is 0. The lowest BCUT2D eigenvalue weighted by Gasteiger charge is -2.07. The summed E-state index contributed by atoms with van der Waals surface area (Å²) < 4.78 is 4.70. The van der Waals surface area contributed by atoms with Crippen molar-refractivity contribution in [3.05, 3.63) is 24.8 Å². The van der Waals surface area contributed by atoms with Crippen molar-refractivity contribution in [1.82, 2.24) is 9.80 Å². The third kappa shape index (κ3) is 16.3. The summed E-state index contributed by atoms with van der Waals surface area (Å²) >= 11 is 0. The van der Waals surface area contributed by atoms with Crippen LogP contribution in [-0.4, -0.2) is 74.7 Å². The van der Waals surface area contributed by atoms with Crippen molar-refractivity contribution in [1.29, 1.82) is 0 Å². The summed E-state index contributed by atoms with van der Waals surface area (Å²) in [7, 11) is 7.44. The molecule has 6 heteroatoms. The second kappa shape index (κ2) is 11.4. The smallest absolute Gasteiger partial charge is 0.332 e. The molecule has 0 rings (SSSR count). The molecule has 6 nitrogen and oxygen atoms in total. The third-order valence-electron chi connectivity index (χ3n) is 1.76. The Labute approximate surface area is 114 Å². The van der Waals surface area contributed by atoms with E-state index in [2.05, 4.69) is 13.2 Å². The molecule has 0 spiro atoms. The van der Waals surface area contributed by atoms with Gasteiger partial charge < -0.3 is 19.6 Å². The van der Waals surface area contributed by atoms with Gasteiger partial charge in [-0.25, -0.2) is 9.59 Å². The van der Waals surface area contributed by atoms with Crippen molar-refractivity contribution >= 4 is 11.9 Å². The van der Waals surface area contributed by atoms with Gasteiger partial charge in [0.05, 0.1) is 0 Å². The van der Waals surface area contributed by atoms with Crippen molar-refractivity contribution in [3.63, 3.8) is 0 Å². The summed E-state index contributed by atoms with van der Waals surface area (Å²) in [5, 5.41) is 8.30. The van der Waals surface area contributed by atoms with Gasteiger partial charge in [-0.1, -0.05) is 13.2 Å². The SMILES string of the molecule is C=C(CN(C)C)C(=O)O.C=CC(=O)OCCN(C)C. The molecule has 0 unspecified atom stereocenters. The summed E-state index contributed by atoms with van der Waals surface area (Å²) in [6.45, 7) is 8.21. The minimum absolute atomic E-state index is 0.222. The highest BCUT2D eigenvalue weighted by Crippen LogP contribution is 1.90. The van der Waals surface area contributed by atoms with Crippen LogP contribution in [0.25, 0.3) is 0 Å². The van der Waals surface area contributed by atoms with E-state index in [1.54, 1.807) is 19.0 Å². The number of hydrogen-bond donors (Lipinski definition) is 1. The largest absolute Gasteiger partial charge is 0.478 e. The van der Waals surface area contributed by atoms with E-state index in [-0.39, 0.29) is 11.5 Å². The quantitative estimate of drug-likeness (QED) is 0.536. The number of rotatable bonds is 7. The highest BCUT2D eigenvalue weighted by molar-refractivity contribution is 5.86. The lowest BCUT2D eigenvalue weighted by Crippen LogP contribution is -2.19. The van der Waals surface area contributed by atoms with Gasteiger partial charge >= 0.3 is 11.9 Å². The van der Waals surface area contributed by atoms with Crippen molar-refractivity contribution in [2.24, 2.45) is 0 Å². The maximum absolute atomic E-state index is 10.4. The second-order valence-corrected chi connectivity index (χ2v) is 4.32. The molecule has 0 amide bonds. The molecular weight excluding hydrogens is 248 g/mol. The Morgan fingerprint density at radius 3 is 2.00 bits per heavy atom. The van der Waals surface area contributed by atoms with Crippen LogP contribution < -0.4 is 0 Å². The van der Waals surface area contributed by atoms with E-state index in [0.29, 0.717) is 13.2 Å². The Hall–Kier alpha value is -1.66. The summed E-state index contributed by atoms with van der Waals surface area (Å²) in [5.74, 6) is -1.29. The molecule has 0 aromatic heterocycles. The molecule has 0 radical (unpaired) electrons. The van der Waals surface area contributed by atoms with Crippen molar-refractivity contribution in [2.45, 2.75) is 0 Å². The van der Waals surface area contributed by atoms with Gasteiger partial charge in [0.15, 0.2) is 0 Å². The van der Waals surface area contributed by atoms with Gasteiger partial charge in [0, 0.05) is 24.7 Å². The molecule has 0 bridgehead atoms. The van der Waals surface area contributed by atoms with Crippen LogP contribution in [0.4, 0.5) is 0 Å². The molecule has 0 aliphatic rings. The normalized spacial score (nSPS) is 9.58. The first-order valence-electron chi connectivity index (χ1n) is 5.70. The van der Waals surface area contributed by atoms with Crippen LogP contribution in [0.2, 0.25) is 0 Å². The number of nitrogens with zero attached hydrogens (tertiary/aromatic N) is 2. The molecule has 0 aromatic carbocycles. The van der Waals surface area contributed by atoms with Gasteiger partial charge in [0.25, 0.3) is 0 Å². The summed E-state index contributed by atoms with van der Waals surface area (Å²) in [6, 6.07) is 0. The number of aliphatic carboxylic acids is 1. The Morgan fingerprint density at radius 1 is 1.21 bits per heavy atom. The molecule has 0 saturated carbocycles. The molecule has 19 heavy (non-hydrogen) atoms. The van der Waals surface area contributed by atoms with Crippen LogP contribution in [0.1, 0.15) is 0 Å². The molecule has 0 aliphatic carbocycles. The first kappa shape index (κ1) is 19.7. The third-order valence-corrected chi connectivity index (χ3v) is 1.76. The number of carbonyl (C=O) groups excluding carboxylic acids is 1. The monoisotopic (exact) mass is 272 g/mol. The first-order valence-corrected chi connectivity index (χ1v) is 5.70. The van der Waals surface area contributed by atoms with Gasteiger partial charge in [-0.2, -0.15) is 0 Å². The number of carbonyl (C=O) groups is 2. The number of carboxylic acid groups (broad SMARTS) is 1. The zero-order valence-corrected chi connectivity index (χ0v) is 12.2. The lowest BCUT2D eigenvalue weighted by atomic mass is 10.3. The topological polar surface area (TPSA) is 70.1 Å². The van der Waals surface area contributed by atoms with Crippen LogP contribution >= 0.6 is 0 Å². The highest BCUT2D eigenvalue weighted by Gasteiger charge is 2.03. The van der Waals surface area contributed by atoms with Crippen LogP contribution in [0.3, 0.4) is 0 Å². The fourth-order valence-electron chi connectivity index (χ4n) is 0.837. The summed E-state index contributed by atoms with van der Waals surface area (Å²) in [6.07, 6.45) is 1.16. The van der Waals surface area contributed by atoms with E-state index >= 15 is 0 Å². The minimum atomic E-state index is -0.927. The molecule has 110 valence electrons. The first-order chi connectivity index (χ1) is 8.70. The molecule has 0 atom stereocenters. The van der Waals surface area contributed by atoms with Gasteiger partial charge in [-0.15, -0.1) is 0 Å². The number of likely N-dealkylation sites (N-methyl/N-ethyl adjacent to an activating group) is 2. The van der Waals surface area contributed by atoms with Gasteiger partial charge in [-0.3, -0.25) is 0 Å². The van der Waals surface area contributed by atoms with E-state index in [1.165, 1.54) is 0 Å². The predicted octanol–water partition coefficient (Wildman–Crippen LogP) is 0.466. The molecular formula is C13H24N2O4. The number of ether oxygens (including phenoxy) is 1. The molecule has 0 fully saturated rings. The molecule has 0 aliphatic heterocycles. The fourth-order valence-corrected chi connectivity index (χ4v) is 0.837. The Morgan fingerprint density at radius 2 is 1.74 bits per heavy atom. The standard InChI is InChI=1S/C7H13NO2.C6H11NO2/c1-4-7(9)10-6-5-8(2)3;1-5(6(8)9)4-7(2)3/h4H,1,5-6H2,2-3H3;1,4H2,2-3H3,(H,8,9). The Kier molecular flexibility index (Phi) is 11.8. The summed E-state index contributed by atoms with van der Waals surface area (Å²) in [4.78, 5) is 24.2. The molecule has 0 heterocycles. The number of carboxylic acids is 1. The second-order valence-electron chi connectivity index (χ2n) is 4.32. The molecule has 0 saturated heterocycles. The van der Waals surface area contributed by atoms with E-state index in [0.717, 1.165) is 12.6 Å². The van der Waals surface area contributed by atoms with Crippen LogP contribution in [0.5, 0.6) is 0 Å². The van der Waals surface area contributed by atoms with E-state index < -0.39 is 5.97 Å². The van der Waals surface area contributed by atoms with Gasteiger partial charge in [-0.05, 0) is 28.2 Å². The number of hydrogen-bond acceptors (Lipinski definition) is 5. The average molecular weight is 272 g/mol. The van der Waals surface area contributed by atoms with E-state index in [4.69, 9.17) is 9.84 Å². The van der Waals surface area contributed by atoms with Crippen LogP contribution in [0.15, 0.2) is 24.8 Å². The van der Waals surface area contributed by atoms with Gasteiger partial charge in [0.2, 0.25) is 0 Å². The zero-order valence-electron chi connectivity index (χ0n) is 12.2. The predicted molar refractivity (Wildman–Crippen MR) is 75.0 cm³/mol. The molecule has 0 aromatic rings. The van der Waals surface area contributed by atoms with E-state index in [1.807, 2.05) is 19.0 Å². The van der Waals surface area contributed by atoms with Crippen molar-refractivity contribution in [2.75, 3.05) is 47.9 Å². The average Bonchev–Trinajstić information content (AvgIpc) is 2.28. The van der Waals surface area contributed by atoms with Crippen molar-refractivity contribution in [3.8, 4) is 0 Å². The van der Waals surface area contributed by atoms with Gasteiger partial charge in [0.1, 0.15) is 6.61 Å². The lowest BCUT2D eigenvalue weighted by molar-refractivity contribution is -0.138. The maximum atomic E-state index is 10.4. The minimum Gasteiger partial charge on any atom is -0.478 e. The number of esters is 1. The molecule has 1 N–H and O–H groups in total. The Bertz CT molecular complexity index is 312. The van der Waals surface area contributed by atoms with Crippen LogP contribution in [0, 0.1) is 0 Å². The highest BCUT2D eigenvalue weighted by atomic mass is 16.5.